The van der Waals surface area contributed by atoms with Gasteiger partial charge >= 0.3 is 6.09 Å². The number of hydrogen-bond donors (Lipinski definition) is 2. The van der Waals surface area contributed by atoms with Gasteiger partial charge < -0.3 is 10.1 Å². The zero-order valence-electron chi connectivity index (χ0n) is 15.0. The van der Waals surface area contributed by atoms with Gasteiger partial charge in [-0.15, -0.1) is 0 Å². The molecular weight excluding hydrogens is 340 g/mol. The Bertz CT molecular complexity index is 942. The van der Waals surface area contributed by atoms with Crippen LogP contribution in [0.25, 0.3) is 11.3 Å². The van der Waals surface area contributed by atoms with Crippen molar-refractivity contribution < 1.29 is 9.53 Å². The van der Waals surface area contributed by atoms with Gasteiger partial charge in [0, 0.05) is 23.0 Å². The van der Waals surface area contributed by atoms with Crippen LogP contribution in [-0.4, -0.2) is 22.7 Å². The molecule has 3 aromatic rings. The molecule has 0 aliphatic rings. The Labute approximate surface area is 157 Å². The molecule has 6 nitrogen and oxygen atoms in total. The van der Waals surface area contributed by atoms with E-state index in [2.05, 4.69) is 27.2 Å². The standard InChI is InChI=1S/C21H20N4O2/c1-3-12-27-21(26)25-18-11-7-10-17(13-18)24-20-14-19(22-15(2)23-20)16-8-5-4-6-9-16/h3-11,13-14H,1,12H2,2H3,(H,25,26)(H,22,23,24). The van der Waals surface area contributed by atoms with E-state index in [0.29, 0.717) is 17.3 Å². The fourth-order valence-electron chi connectivity index (χ4n) is 2.50. The van der Waals surface area contributed by atoms with Crippen molar-refractivity contribution >= 4 is 23.3 Å². The summed E-state index contributed by atoms with van der Waals surface area (Å²) in [7, 11) is 0. The minimum atomic E-state index is -0.531. The molecule has 0 fully saturated rings. The topological polar surface area (TPSA) is 76.1 Å². The number of aromatic nitrogens is 2. The molecule has 2 aromatic carbocycles. The third kappa shape index (κ3) is 5.15. The molecule has 0 saturated carbocycles. The molecule has 1 amide bonds. The summed E-state index contributed by atoms with van der Waals surface area (Å²) in [5.41, 5.74) is 3.26. The van der Waals surface area contributed by atoms with Crippen LogP contribution in [0.3, 0.4) is 0 Å². The number of amides is 1. The Hall–Kier alpha value is -3.67. The van der Waals surface area contributed by atoms with Crippen molar-refractivity contribution in [3.63, 3.8) is 0 Å². The molecule has 0 saturated heterocycles. The lowest BCUT2D eigenvalue weighted by atomic mass is 10.1. The maximum Gasteiger partial charge on any atom is 0.411 e. The minimum absolute atomic E-state index is 0.159. The molecule has 6 heteroatoms. The van der Waals surface area contributed by atoms with E-state index in [1.54, 1.807) is 12.1 Å². The Morgan fingerprint density at radius 1 is 1.07 bits per heavy atom. The Kier molecular flexibility index (Phi) is 5.79. The fourth-order valence-corrected chi connectivity index (χ4v) is 2.50. The molecule has 0 aliphatic carbocycles. The van der Waals surface area contributed by atoms with Crippen LogP contribution in [0.4, 0.5) is 22.0 Å². The molecule has 0 bridgehead atoms. The van der Waals surface area contributed by atoms with Crippen LogP contribution in [0.15, 0.2) is 73.3 Å². The molecule has 1 aromatic heterocycles. The number of rotatable bonds is 6. The van der Waals surface area contributed by atoms with Gasteiger partial charge in [-0.05, 0) is 25.1 Å². The number of ether oxygens (including phenoxy) is 1. The van der Waals surface area contributed by atoms with Crippen molar-refractivity contribution in [2.24, 2.45) is 0 Å². The van der Waals surface area contributed by atoms with Gasteiger partial charge in [-0.3, -0.25) is 5.32 Å². The number of aryl methyl sites for hydroxylation is 1. The summed E-state index contributed by atoms with van der Waals surface area (Å²) in [4.78, 5) is 20.6. The van der Waals surface area contributed by atoms with Gasteiger partial charge in [0.1, 0.15) is 18.2 Å². The number of anilines is 3. The lowest BCUT2D eigenvalue weighted by Gasteiger charge is -2.11. The van der Waals surface area contributed by atoms with Gasteiger partial charge in [-0.1, -0.05) is 49.1 Å². The van der Waals surface area contributed by atoms with Gasteiger partial charge in [0.15, 0.2) is 0 Å². The number of hydrogen-bond acceptors (Lipinski definition) is 5. The summed E-state index contributed by atoms with van der Waals surface area (Å²) >= 11 is 0. The molecule has 0 aliphatic heterocycles. The molecule has 0 radical (unpaired) electrons. The number of carbonyl (C=O) groups is 1. The number of benzene rings is 2. The van der Waals surface area contributed by atoms with Gasteiger partial charge in [-0.25, -0.2) is 14.8 Å². The average Bonchev–Trinajstić information content (AvgIpc) is 2.67. The van der Waals surface area contributed by atoms with Gasteiger partial charge in [-0.2, -0.15) is 0 Å². The zero-order chi connectivity index (χ0) is 19.1. The molecule has 3 rings (SSSR count). The molecule has 2 N–H and O–H groups in total. The lowest BCUT2D eigenvalue weighted by Crippen LogP contribution is -2.13. The summed E-state index contributed by atoms with van der Waals surface area (Å²) in [5.74, 6) is 1.34. The van der Waals surface area contributed by atoms with E-state index in [4.69, 9.17) is 4.74 Å². The number of nitrogens with zero attached hydrogens (tertiary/aromatic N) is 2. The molecule has 1 heterocycles. The minimum Gasteiger partial charge on any atom is -0.445 e. The SMILES string of the molecule is C=CCOC(=O)Nc1cccc(Nc2cc(-c3ccccc3)nc(C)n2)c1. The van der Waals surface area contributed by atoms with Crippen LogP contribution in [-0.2, 0) is 4.74 Å². The Morgan fingerprint density at radius 3 is 2.63 bits per heavy atom. The monoisotopic (exact) mass is 360 g/mol. The highest BCUT2D eigenvalue weighted by molar-refractivity contribution is 5.85. The Balaban J connectivity index is 1.77. The second kappa shape index (κ2) is 8.62. The molecule has 27 heavy (non-hydrogen) atoms. The van der Waals surface area contributed by atoms with Crippen molar-refractivity contribution in [3.8, 4) is 11.3 Å². The summed E-state index contributed by atoms with van der Waals surface area (Å²) in [6.45, 7) is 5.52. The molecule has 0 unspecified atom stereocenters. The van der Waals surface area contributed by atoms with Crippen molar-refractivity contribution in [3.05, 3.63) is 79.1 Å². The largest absolute Gasteiger partial charge is 0.445 e. The normalized spacial score (nSPS) is 10.1. The second-order valence-corrected chi connectivity index (χ2v) is 5.77. The highest BCUT2D eigenvalue weighted by Crippen LogP contribution is 2.23. The predicted molar refractivity (Wildman–Crippen MR) is 107 cm³/mol. The van der Waals surface area contributed by atoms with Crippen LogP contribution in [0.1, 0.15) is 5.82 Å². The van der Waals surface area contributed by atoms with Crippen molar-refractivity contribution in [2.75, 3.05) is 17.2 Å². The third-order valence-electron chi connectivity index (χ3n) is 3.62. The second-order valence-electron chi connectivity index (χ2n) is 5.77. The van der Waals surface area contributed by atoms with Gasteiger partial charge in [0.25, 0.3) is 0 Å². The van der Waals surface area contributed by atoms with Crippen LogP contribution in [0, 0.1) is 6.92 Å². The third-order valence-corrected chi connectivity index (χ3v) is 3.62. The van der Waals surface area contributed by atoms with E-state index in [-0.39, 0.29) is 6.61 Å². The van der Waals surface area contributed by atoms with E-state index in [1.165, 1.54) is 6.08 Å². The van der Waals surface area contributed by atoms with E-state index >= 15 is 0 Å². The molecular formula is C21H20N4O2. The summed E-state index contributed by atoms with van der Waals surface area (Å²) in [6.07, 6.45) is 0.982. The smallest absolute Gasteiger partial charge is 0.411 e. The summed E-state index contributed by atoms with van der Waals surface area (Å²) in [5, 5.41) is 5.92. The van der Waals surface area contributed by atoms with E-state index in [9.17, 15) is 4.79 Å². The zero-order valence-corrected chi connectivity index (χ0v) is 15.0. The highest BCUT2D eigenvalue weighted by atomic mass is 16.5. The first kappa shape index (κ1) is 18.1. The van der Waals surface area contributed by atoms with Crippen LogP contribution in [0.2, 0.25) is 0 Å². The average molecular weight is 360 g/mol. The summed E-state index contributed by atoms with van der Waals surface area (Å²) in [6, 6.07) is 19.1. The predicted octanol–water partition coefficient (Wildman–Crippen LogP) is 4.93. The molecule has 0 spiro atoms. The van der Waals surface area contributed by atoms with Crippen molar-refractivity contribution in [1.29, 1.82) is 0 Å². The lowest BCUT2D eigenvalue weighted by molar-refractivity contribution is 0.174. The maximum absolute atomic E-state index is 11.7. The van der Waals surface area contributed by atoms with Crippen molar-refractivity contribution in [2.45, 2.75) is 6.92 Å². The molecule has 136 valence electrons. The van der Waals surface area contributed by atoms with Gasteiger partial charge in [0.2, 0.25) is 0 Å². The van der Waals surface area contributed by atoms with Gasteiger partial charge in [0.05, 0.1) is 5.69 Å². The van der Waals surface area contributed by atoms with E-state index in [0.717, 1.165) is 16.9 Å². The summed E-state index contributed by atoms with van der Waals surface area (Å²) < 4.78 is 4.92. The number of nitrogens with one attached hydrogen (secondary N) is 2. The van der Waals surface area contributed by atoms with Crippen LogP contribution < -0.4 is 10.6 Å². The first-order valence-corrected chi connectivity index (χ1v) is 8.47. The van der Waals surface area contributed by atoms with Crippen LogP contribution in [0.5, 0.6) is 0 Å². The maximum atomic E-state index is 11.7. The quantitative estimate of drug-likeness (QED) is 0.610. The number of carbonyl (C=O) groups excluding carboxylic acids is 1. The van der Waals surface area contributed by atoms with E-state index in [1.807, 2.05) is 55.5 Å². The Morgan fingerprint density at radius 2 is 1.85 bits per heavy atom. The highest BCUT2D eigenvalue weighted by Gasteiger charge is 2.06. The fraction of sp³-hybridized carbons (Fsp3) is 0.0952. The van der Waals surface area contributed by atoms with Crippen LogP contribution >= 0.6 is 0 Å². The first-order chi connectivity index (χ1) is 13.1. The molecule has 0 atom stereocenters. The van der Waals surface area contributed by atoms with Crippen molar-refractivity contribution in [1.82, 2.24) is 9.97 Å². The first-order valence-electron chi connectivity index (χ1n) is 8.47. The van der Waals surface area contributed by atoms with E-state index < -0.39 is 6.09 Å².